The molecular formula is C18H21N3O3. The van der Waals surface area contributed by atoms with Gasteiger partial charge in [-0.05, 0) is 37.0 Å². The third kappa shape index (κ3) is 4.87. The maximum atomic E-state index is 11.9. The van der Waals surface area contributed by atoms with Crippen molar-refractivity contribution in [3.63, 3.8) is 0 Å². The van der Waals surface area contributed by atoms with Crippen LogP contribution in [0.25, 0.3) is 0 Å². The van der Waals surface area contributed by atoms with Crippen molar-refractivity contribution in [3.05, 3.63) is 53.6 Å². The standard InChI is InChI=1S/C18H21N3O3/c1-4-12(2)14-5-7-15(8-6-14)21-17(22)11-24-18(23)16-10-19-13(3)9-20-16/h5-10,12H,4,11H2,1-3H3,(H,21,22)/t12-/m1/s1. The maximum Gasteiger partial charge on any atom is 0.359 e. The number of carbonyl (C=O) groups is 2. The molecule has 6 heteroatoms. The van der Waals surface area contributed by atoms with Gasteiger partial charge in [0.2, 0.25) is 0 Å². The number of hydrogen-bond acceptors (Lipinski definition) is 5. The van der Waals surface area contributed by atoms with Gasteiger partial charge < -0.3 is 10.1 Å². The number of hydrogen-bond donors (Lipinski definition) is 1. The second-order valence-corrected chi connectivity index (χ2v) is 5.60. The Balaban J connectivity index is 1.84. The van der Waals surface area contributed by atoms with Crippen LogP contribution in [0.3, 0.4) is 0 Å². The average Bonchev–Trinajstić information content (AvgIpc) is 2.60. The van der Waals surface area contributed by atoms with Gasteiger partial charge >= 0.3 is 5.97 Å². The van der Waals surface area contributed by atoms with E-state index in [1.54, 1.807) is 6.92 Å². The predicted molar refractivity (Wildman–Crippen MR) is 90.8 cm³/mol. The smallest absolute Gasteiger partial charge is 0.359 e. The van der Waals surface area contributed by atoms with Gasteiger partial charge in [0, 0.05) is 11.9 Å². The molecule has 2 rings (SSSR count). The molecular weight excluding hydrogens is 306 g/mol. The molecule has 0 aliphatic heterocycles. The molecule has 6 nitrogen and oxygen atoms in total. The molecule has 0 aliphatic carbocycles. The minimum absolute atomic E-state index is 0.0753. The highest BCUT2D eigenvalue weighted by Gasteiger charge is 2.12. The summed E-state index contributed by atoms with van der Waals surface area (Å²) in [7, 11) is 0. The van der Waals surface area contributed by atoms with Crippen LogP contribution in [0, 0.1) is 6.92 Å². The van der Waals surface area contributed by atoms with Crippen LogP contribution in [0.2, 0.25) is 0 Å². The molecule has 0 saturated heterocycles. The Bertz CT molecular complexity index is 696. The zero-order chi connectivity index (χ0) is 17.5. The number of aryl methyl sites for hydroxylation is 1. The van der Waals surface area contributed by atoms with Crippen LogP contribution in [0.1, 0.15) is 47.9 Å². The number of aromatic nitrogens is 2. The second kappa shape index (κ2) is 8.19. The molecule has 1 N–H and O–H groups in total. The Morgan fingerprint density at radius 1 is 1.17 bits per heavy atom. The first-order valence-electron chi connectivity index (χ1n) is 7.85. The SMILES string of the molecule is CC[C@@H](C)c1ccc(NC(=O)COC(=O)c2cnc(C)cn2)cc1. The van der Waals surface area contributed by atoms with Crippen molar-refractivity contribution in [1.29, 1.82) is 0 Å². The second-order valence-electron chi connectivity index (χ2n) is 5.60. The van der Waals surface area contributed by atoms with Gasteiger partial charge in [-0.3, -0.25) is 9.78 Å². The number of esters is 1. The minimum Gasteiger partial charge on any atom is -0.451 e. The highest BCUT2D eigenvalue weighted by atomic mass is 16.5. The Morgan fingerprint density at radius 2 is 1.88 bits per heavy atom. The van der Waals surface area contributed by atoms with E-state index in [-0.39, 0.29) is 12.3 Å². The largest absolute Gasteiger partial charge is 0.451 e. The fourth-order valence-corrected chi connectivity index (χ4v) is 2.03. The van der Waals surface area contributed by atoms with E-state index in [4.69, 9.17) is 4.74 Å². The fraction of sp³-hybridized carbons (Fsp3) is 0.333. The quantitative estimate of drug-likeness (QED) is 0.825. The number of nitrogens with one attached hydrogen (secondary N) is 1. The molecule has 1 amide bonds. The van der Waals surface area contributed by atoms with E-state index in [2.05, 4.69) is 29.1 Å². The van der Waals surface area contributed by atoms with Crippen molar-refractivity contribution >= 4 is 17.6 Å². The van der Waals surface area contributed by atoms with Crippen LogP contribution in [-0.2, 0) is 9.53 Å². The number of ether oxygens (including phenoxy) is 1. The Kier molecular flexibility index (Phi) is 6.01. The lowest BCUT2D eigenvalue weighted by Crippen LogP contribution is -2.21. The number of carbonyl (C=O) groups excluding carboxylic acids is 2. The molecule has 0 saturated carbocycles. The highest BCUT2D eigenvalue weighted by molar-refractivity contribution is 5.94. The highest BCUT2D eigenvalue weighted by Crippen LogP contribution is 2.20. The third-order valence-electron chi connectivity index (χ3n) is 3.70. The molecule has 1 aromatic heterocycles. The summed E-state index contributed by atoms with van der Waals surface area (Å²) >= 11 is 0. The van der Waals surface area contributed by atoms with E-state index in [9.17, 15) is 9.59 Å². The topological polar surface area (TPSA) is 81.2 Å². The maximum absolute atomic E-state index is 11.9. The van der Waals surface area contributed by atoms with Crippen molar-refractivity contribution < 1.29 is 14.3 Å². The summed E-state index contributed by atoms with van der Waals surface area (Å²) in [5, 5.41) is 2.69. The van der Waals surface area contributed by atoms with Gasteiger partial charge in [-0.25, -0.2) is 9.78 Å². The molecule has 2 aromatic rings. The molecule has 0 fully saturated rings. The normalized spacial score (nSPS) is 11.6. The summed E-state index contributed by atoms with van der Waals surface area (Å²) in [6, 6.07) is 7.65. The molecule has 126 valence electrons. The number of nitrogens with zero attached hydrogens (tertiary/aromatic N) is 2. The summed E-state index contributed by atoms with van der Waals surface area (Å²) in [5.41, 5.74) is 2.66. The van der Waals surface area contributed by atoms with E-state index >= 15 is 0 Å². The van der Waals surface area contributed by atoms with E-state index in [1.807, 2.05) is 24.3 Å². The van der Waals surface area contributed by atoms with E-state index in [0.29, 0.717) is 17.3 Å². The molecule has 0 spiro atoms. The van der Waals surface area contributed by atoms with Crippen molar-refractivity contribution in [2.24, 2.45) is 0 Å². The molecule has 1 atom stereocenters. The Hall–Kier alpha value is -2.76. The number of amides is 1. The zero-order valence-corrected chi connectivity index (χ0v) is 14.1. The molecule has 1 aromatic carbocycles. The summed E-state index contributed by atoms with van der Waals surface area (Å²) in [4.78, 5) is 31.5. The lowest BCUT2D eigenvalue weighted by molar-refractivity contribution is -0.119. The van der Waals surface area contributed by atoms with Crippen LogP contribution in [-0.4, -0.2) is 28.5 Å². The first kappa shape index (κ1) is 17.6. The van der Waals surface area contributed by atoms with Crippen molar-refractivity contribution in [2.75, 3.05) is 11.9 Å². The summed E-state index contributed by atoms with van der Waals surface area (Å²) < 4.78 is 4.93. The van der Waals surface area contributed by atoms with Gasteiger partial charge in [-0.15, -0.1) is 0 Å². The number of anilines is 1. The summed E-state index contributed by atoms with van der Waals surface area (Å²) in [5.74, 6) is -0.601. The van der Waals surface area contributed by atoms with Crippen LogP contribution >= 0.6 is 0 Å². The van der Waals surface area contributed by atoms with Gasteiger partial charge in [0.1, 0.15) is 0 Å². The van der Waals surface area contributed by atoms with Crippen LogP contribution in [0.5, 0.6) is 0 Å². The van der Waals surface area contributed by atoms with Crippen LogP contribution in [0.15, 0.2) is 36.7 Å². The molecule has 0 radical (unpaired) electrons. The first-order chi connectivity index (χ1) is 11.5. The first-order valence-corrected chi connectivity index (χ1v) is 7.85. The monoisotopic (exact) mass is 327 g/mol. The summed E-state index contributed by atoms with van der Waals surface area (Å²) in [6.45, 7) is 5.68. The van der Waals surface area contributed by atoms with Crippen LogP contribution < -0.4 is 5.32 Å². The predicted octanol–water partition coefficient (Wildman–Crippen LogP) is 3.09. The zero-order valence-electron chi connectivity index (χ0n) is 14.1. The van der Waals surface area contributed by atoms with Crippen molar-refractivity contribution in [2.45, 2.75) is 33.1 Å². The Morgan fingerprint density at radius 3 is 2.46 bits per heavy atom. The van der Waals surface area contributed by atoms with Gasteiger partial charge in [0.25, 0.3) is 5.91 Å². The Labute approximate surface area is 141 Å². The van der Waals surface area contributed by atoms with Crippen molar-refractivity contribution in [1.82, 2.24) is 9.97 Å². The number of benzene rings is 1. The summed E-state index contributed by atoms with van der Waals surface area (Å²) in [6.07, 6.45) is 3.85. The third-order valence-corrected chi connectivity index (χ3v) is 3.70. The minimum atomic E-state index is -0.676. The van der Waals surface area contributed by atoms with E-state index < -0.39 is 11.9 Å². The molecule has 0 aliphatic rings. The van der Waals surface area contributed by atoms with E-state index in [0.717, 1.165) is 6.42 Å². The van der Waals surface area contributed by atoms with Gasteiger partial charge in [-0.1, -0.05) is 26.0 Å². The molecule has 1 heterocycles. The molecule has 24 heavy (non-hydrogen) atoms. The van der Waals surface area contributed by atoms with Gasteiger partial charge in [-0.2, -0.15) is 0 Å². The molecule has 0 bridgehead atoms. The van der Waals surface area contributed by atoms with Crippen LogP contribution in [0.4, 0.5) is 5.69 Å². The lowest BCUT2D eigenvalue weighted by atomic mass is 9.99. The fourth-order valence-electron chi connectivity index (χ4n) is 2.03. The lowest BCUT2D eigenvalue weighted by Gasteiger charge is -2.10. The average molecular weight is 327 g/mol. The number of rotatable bonds is 6. The van der Waals surface area contributed by atoms with Gasteiger partial charge in [0.15, 0.2) is 12.3 Å². The molecule has 0 unspecified atom stereocenters. The van der Waals surface area contributed by atoms with Crippen molar-refractivity contribution in [3.8, 4) is 0 Å². The van der Waals surface area contributed by atoms with Gasteiger partial charge in [0.05, 0.1) is 11.9 Å². The van der Waals surface area contributed by atoms with E-state index in [1.165, 1.54) is 18.0 Å².